The molecule has 0 aromatic carbocycles. The molecule has 1 aliphatic rings. The SMILES string of the molecule is O=C(c1cn2ccsc2n1)N1CCC(O)(C(=O)O)CC1. The summed E-state index contributed by atoms with van der Waals surface area (Å²) in [4.78, 5) is 29.7. The Hall–Kier alpha value is -1.93. The van der Waals surface area contributed by atoms with Gasteiger partial charge < -0.3 is 15.1 Å². The van der Waals surface area contributed by atoms with Gasteiger partial charge in [0.15, 0.2) is 10.6 Å². The molecule has 1 fully saturated rings. The highest BCUT2D eigenvalue weighted by Crippen LogP contribution is 2.23. The number of hydrogen-bond donors (Lipinski definition) is 2. The number of carbonyl (C=O) groups excluding carboxylic acids is 1. The Labute approximate surface area is 118 Å². The summed E-state index contributed by atoms with van der Waals surface area (Å²) in [6.45, 7) is 0.430. The van der Waals surface area contributed by atoms with Crippen molar-refractivity contribution in [3.8, 4) is 0 Å². The molecule has 0 radical (unpaired) electrons. The molecule has 2 aromatic heterocycles. The summed E-state index contributed by atoms with van der Waals surface area (Å²) < 4.78 is 1.77. The largest absolute Gasteiger partial charge is 0.479 e. The van der Waals surface area contributed by atoms with Crippen molar-refractivity contribution in [2.75, 3.05) is 13.1 Å². The number of piperidine rings is 1. The molecule has 1 aliphatic heterocycles. The third kappa shape index (κ3) is 2.06. The van der Waals surface area contributed by atoms with Crippen LogP contribution >= 0.6 is 11.3 Å². The van der Waals surface area contributed by atoms with E-state index >= 15 is 0 Å². The molecule has 7 nitrogen and oxygen atoms in total. The summed E-state index contributed by atoms with van der Waals surface area (Å²) in [6, 6.07) is 0. The molecule has 1 saturated heterocycles. The number of hydrogen-bond acceptors (Lipinski definition) is 5. The molecular weight excluding hydrogens is 282 g/mol. The number of likely N-dealkylation sites (tertiary alicyclic amines) is 1. The van der Waals surface area contributed by atoms with Crippen LogP contribution in [-0.2, 0) is 4.79 Å². The van der Waals surface area contributed by atoms with E-state index in [2.05, 4.69) is 4.98 Å². The van der Waals surface area contributed by atoms with E-state index in [-0.39, 0.29) is 31.8 Å². The number of rotatable bonds is 2. The van der Waals surface area contributed by atoms with Crippen LogP contribution in [0.5, 0.6) is 0 Å². The van der Waals surface area contributed by atoms with Crippen molar-refractivity contribution in [1.82, 2.24) is 14.3 Å². The molecule has 1 amide bonds. The summed E-state index contributed by atoms with van der Waals surface area (Å²) in [6.07, 6.45) is 3.56. The van der Waals surface area contributed by atoms with Crippen LogP contribution in [0.3, 0.4) is 0 Å². The number of aromatic nitrogens is 2. The Morgan fingerprint density at radius 1 is 1.35 bits per heavy atom. The Kier molecular flexibility index (Phi) is 2.98. The predicted octanol–water partition coefficient (Wildman–Crippen LogP) is 0.447. The molecule has 3 heterocycles. The third-order valence-corrected chi connectivity index (χ3v) is 4.36. The second kappa shape index (κ2) is 4.57. The van der Waals surface area contributed by atoms with E-state index in [0.717, 1.165) is 4.96 Å². The summed E-state index contributed by atoms with van der Waals surface area (Å²) >= 11 is 1.44. The number of aliphatic hydroxyl groups is 1. The zero-order chi connectivity index (χ0) is 14.3. The van der Waals surface area contributed by atoms with Gasteiger partial charge in [-0.05, 0) is 0 Å². The topological polar surface area (TPSA) is 95.1 Å². The molecule has 3 rings (SSSR count). The molecule has 0 atom stereocenters. The smallest absolute Gasteiger partial charge is 0.335 e. The van der Waals surface area contributed by atoms with E-state index in [9.17, 15) is 14.7 Å². The lowest BCUT2D eigenvalue weighted by Gasteiger charge is -2.34. The fourth-order valence-electron chi connectivity index (χ4n) is 2.29. The van der Waals surface area contributed by atoms with E-state index in [4.69, 9.17) is 5.11 Å². The third-order valence-electron chi connectivity index (χ3n) is 3.59. The van der Waals surface area contributed by atoms with Gasteiger partial charge in [0, 0.05) is 43.7 Å². The minimum Gasteiger partial charge on any atom is -0.479 e. The molecule has 0 saturated carbocycles. The van der Waals surface area contributed by atoms with Crippen LogP contribution in [0, 0.1) is 0 Å². The second-order valence-electron chi connectivity index (χ2n) is 4.85. The average Bonchev–Trinajstić information content (AvgIpc) is 2.99. The molecule has 2 N–H and O–H groups in total. The van der Waals surface area contributed by atoms with Gasteiger partial charge in [-0.1, -0.05) is 0 Å². The number of carboxylic acids is 1. The maximum absolute atomic E-state index is 12.3. The van der Waals surface area contributed by atoms with Crippen LogP contribution in [0.2, 0.25) is 0 Å². The maximum Gasteiger partial charge on any atom is 0.335 e. The van der Waals surface area contributed by atoms with Gasteiger partial charge in [-0.3, -0.25) is 9.20 Å². The fraction of sp³-hybridized carbons (Fsp3) is 0.417. The number of amides is 1. The van der Waals surface area contributed by atoms with Crippen LogP contribution in [0.4, 0.5) is 0 Å². The molecule has 0 spiro atoms. The highest BCUT2D eigenvalue weighted by atomic mass is 32.1. The molecule has 0 unspecified atom stereocenters. The van der Waals surface area contributed by atoms with Gasteiger partial charge in [-0.25, -0.2) is 9.78 Å². The Morgan fingerprint density at radius 3 is 2.65 bits per heavy atom. The standard InChI is InChI=1S/C12H13N3O4S/c16-9(8-7-15-5-6-20-11(15)13-8)14-3-1-12(19,2-4-14)10(17)18/h5-7,19H,1-4H2,(H,17,18). The summed E-state index contributed by atoms with van der Waals surface area (Å²) in [5.74, 6) is -1.46. The monoisotopic (exact) mass is 295 g/mol. The summed E-state index contributed by atoms with van der Waals surface area (Å²) in [5.41, 5.74) is -1.37. The number of thiazole rings is 1. The Morgan fingerprint density at radius 2 is 2.05 bits per heavy atom. The van der Waals surface area contributed by atoms with Crippen LogP contribution in [0.15, 0.2) is 17.8 Å². The first-order chi connectivity index (χ1) is 9.49. The van der Waals surface area contributed by atoms with Gasteiger partial charge >= 0.3 is 5.97 Å². The first-order valence-electron chi connectivity index (χ1n) is 6.17. The zero-order valence-electron chi connectivity index (χ0n) is 10.5. The molecule has 8 heteroatoms. The van der Waals surface area contributed by atoms with Crippen molar-refractivity contribution in [2.45, 2.75) is 18.4 Å². The van der Waals surface area contributed by atoms with Crippen molar-refractivity contribution in [1.29, 1.82) is 0 Å². The van der Waals surface area contributed by atoms with E-state index in [1.807, 2.05) is 11.6 Å². The first-order valence-corrected chi connectivity index (χ1v) is 7.05. The van der Waals surface area contributed by atoms with E-state index < -0.39 is 11.6 Å². The lowest BCUT2D eigenvalue weighted by Crippen LogP contribution is -2.50. The van der Waals surface area contributed by atoms with Gasteiger partial charge in [0.25, 0.3) is 5.91 Å². The van der Waals surface area contributed by atoms with Crippen molar-refractivity contribution < 1.29 is 19.8 Å². The summed E-state index contributed by atoms with van der Waals surface area (Å²) in [5, 5.41) is 20.7. The van der Waals surface area contributed by atoms with Gasteiger partial charge in [0.1, 0.15) is 5.69 Å². The van der Waals surface area contributed by atoms with E-state index in [1.165, 1.54) is 16.2 Å². The van der Waals surface area contributed by atoms with Crippen LogP contribution in [0.25, 0.3) is 4.96 Å². The van der Waals surface area contributed by atoms with Crippen molar-refractivity contribution in [3.63, 3.8) is 0 Å². The van der Waals surface area contributed by atoms with E-state index in [0.29, 0.717) is 5.69 Å². The highest BCUT2D eigenvalue weighted by molar-refractivity contribution is 7.15. The van der Waals surface area contributed by atoms with Crippen molar-refractivity contribution in [2.24, 2.45) is 0 Å². The van der Waals surface area contributed by atoms with Crippen LogP contribution in [-0.4, -0.2) is 55.1 Å². The Balaban J connectivity index is 1.73. The van der Waals surface area contributed by atoms with Gasteiger partial charge in [0.05, 0.1) is 0 Å². The fourth-order valence-corrected chi connectivity index (χ4v) is 2.99. The van der Waals surface area contributed by atoms with Crippen LogP contribution < -0.4 is 0 Å². The van der Waals surface area contributed by atoms with Gasteiger partial charge in [-0.2, -0.15) is 0 Å². The number of nitrogens with zero attached hydrogens (tertiary/aromatic N) is 3. The number of carboxylic acid groups (broad SMARTS) is 1. The molecule has 0 bridgehead atoms. The minimum absolute atomic E-state index is 0.0380. The molecule has 0 aliphatic carbocycles. The van der Waals surface area contributed by atoms with Crippen molar-refractivity contribution >= 4 is 28.2 Å². The predicted molar refractivity (Wildman–Crippen MR) is 70.8 cm³/mol. The average molecular weight is 295 g/mol. The number of fused-ring (bicyclic) bond motifs is 1. The Bertz CT molecular complexity index is 641. The molecule has 20 heavy (non-hydrogen) atoms. The molecular formula is C12H13N3O4S. The number of aliphatic carboxylic acids is 1. The lowest BCUT2D eigenvalue weighted by atomic mass is 9.91. The molecule has 2 aromatic rings. The number of imidazole rings is 1. The molecule has 106 valence electrons. The highest BCUT2D eigenvalue weighted by Gasteiger charge is 2.40. The van der Waals surface area contributed by atoms with E-state index in [1.54, 1.807) is 10.6 Å². The zero-order valence-corrected chi connectivity index (χ0v) is 11.3. The first kappa shape index (κ1) is 13.1. The van der Waals surface area contributed by atoms with Gasteiger partial charge in [-0.15, -0.1) is 11.3 Å². The maximum atomic E-state index is 12.3. The quantitative estimate of drug-likeness (QED) is 0.838. The second-order valence-corrected chi connectivity index (χ2v) is 5.72. The minimum atomic E-state index is -1.72. The number of carbonyl (C=O) groups is 2. The summed E-state index contributed by atoms with van der Waals surface area (Å²) in [7, 11) is 0. The van der Waals surface area contributed by atoms with Crippen LogP contribution in [0.1, 0.15) is 23.3 Å². The normalized spacial score (nSPS) is 18.4. The van der Waals surface area contributed by atoms with Gasteiger partial charge in [0.2, 0.25) is 0 Å². The van der Waals surface area contributed by atoms with Crippen molar-refractivity contribution in [3.05, 3.63) is 23.5 Å². The lowest BCUT2D eigenvalue weighted by molar-refractivity contribution is -0.162.